The molecule has 0 atom stereocenters. The third-order valence-electron chi connectivity index (χ3n) is 3.18. The van der Waals surface area contributed by atoms with E-state index in [1.165, 1.54) is 0 Å². The lowest BCUT2D eigenvalue weighted by Crippen LogP contribution is -2.39. The first kappa shape index (κ1) is 20.2. The first-order chi connectivity index (χ1) is 10.7. The standard InChI is InChI=1S/C17H27Cl2N3O/c1-17(2,3)21-9-5-8-20-16(23)12-22(4)11-13-6-7-14(18)15(19)10-13/h6-7,10,21H,5,8-9,11-12H2,1-4H3,(H,20,23). The number of benzene rings is 1. The van der Waals surface area contributed by atoms with Crippen molar-refractivity contribution in [3.05, 3.63) is 33.8 Å². The molecule has 0 aliphatic heterocycles. The third-order valence-corrected chi connectivity index (χ3v) is 3.92. The van der Waals surface area contributed by atoms with Crippen LogP contribution < -0.4 is 10.6 Å². The van der Waals surface area contributed by atoms with Crippen LogP contribution in [0.3, 0.4) is 0 Å². The first-order valence-electron chi connectivity index (χ1n) is 7.81. The van der Waals surface area contributed by atoms with Gasteiger partial charge in [-0.15, -0.1) is 0 Å². The summed E-state index contributed by atoms with van der Waals surface area (Å²) in [7, 11) is 1.91. The SMILES string of the molecule is CN(CC(=O)NCCCNC(C)(C)C)Cc1ccc(Cl)c(Cl)c1. The highest BCUT2D eigenvalue weighted by Crippen LogP contribution is 2.22. The molecule has 0 heterocycles. The van der Waals surface area contributed by atoms with Gasteiger partial charge in [-0.2, -0.15) is 0 Å². The zero-order valence-corrected chi connectivity index (χ0v) is 15.9. The lowest BCUT2D eigenvalue weighted by molar-refractivity contribution is -0.122. The molecule has 130 valence electrons. The number of hydrogen-bond donors (Lipinski definition) is 2. The van der Waals surface area contributed by atoms with Crippen LogP contribution in [0.15, 0.2) is 18.2 Å². The second-order valence-corrected chi connectivity index (χ2v) is 7.62. The fraction of sp³-hybridized carbons (Fsp3) is 0.588. The summed E-state index contributed by atoms with van der Waals surface area (Å²) in [4.78, 5) is 13.9. The van der Waals surface area contributed by atoms with Crippen molar-refractivity contribution in [1.82, 2.24) is 15.5 Å². The minimum atomic E-state index is 0.0309. The van der Waals surface area contributed by atoms with Crippen LogP contribution in [-0.4, -0.2) is 43.0 Å². The fourth-order valence-corrected chi connectivity index (χ4v) is 2.41. The maximum absolute atomic E-state index is 11.9. The van der Waals surface area contributed by atoms with Crippen LogP contribution in [-0.2, 0) is 11.3 Å². The van der Waals surface area contributed by atoms with Gasteiger partial charge in [0.1, 0.15) is 0 Å². The van der Waals surface area contributed by atoms with Crippen molar-refractivity contribution in [3.8, 4) is 0 Å². The summed E-state index contributed by atoms with van der Waals surface area (Å²) in [6.07, 6.45) is 0.916. The van der Waals surface area contributed by atoms with Gasteiger partial charge in [-0.1, -0.05) is 29.3 Å². The highest BCUT2D eigenvalue weighted by atomic mass is 35.5. The summed E-state index contributed by atoms with van der Waals surface area (Å²) in [5, 5.41) is 7.41. The summed E-state index contributed by atoms with van der Waals surface area (Å²) < 4.78 is 0. The van der Waals surface area contributed by atoms with E-state index in [1.54, 1.807) is 6.07 Å². The van der Waals surface area contributed by atoms with Gasteiger partial charge < -0.3 is 10.6 Å². The smallest absolute Gasteiger partial charge is 0.234 e. The summed E-state index contributed by atoms with van der Waals surface area (Å²) in [6.45, 7) is 8.96. The molecule has 1 aromatic carbocycles. The van der Waals surface area contributed by atoms with Crippen LogP contribution in [0.25, 0.3) is 0 Å². The molecule has 1 aromatic rings. The first-order valence-corrected chi connectivity index (χ1v) is 8.57. The Labute approximate surface area is 149 Å². The van der Waals surface area contributed by atoms with E-state index in [-0.39, 0.29) is 11.4 Å². The molecule has 4 nitrogen and oxygen atoms in total. The molecule has 0 saturated heterocycles. The maximum atomic E-state index is 11.9. The zero-order chi connectivity index (χ0) is 17.5. The molecule has 2 N–H and O–H groups in total. The number of likely N-dealkylation sites (N-methyl/N-ethyl adjacent to an activating group) is 1. The topological polar surface area (TPSA) is 44.4 Å². The van der Waals surface area contributed by atoms with Gasteiger partial charge in [0.25, 0.3) is 0 Å². The van der Waals surface area contributed by atoms with Crippen molar-refractivity contribution in [2.75, 3.05) is 26.7 Å². The number of amides is 1. The van der Waals surface area contributed by atoms with Gasteiger partial charge in [-0.25, -0.2) is 0 Å². The lowest BCUT2D eigenvalue weighted by Gasteiger charge is -2.20. The van der Waals surface area contributed by atoms with Crippen molar-refractivity contribution < 1.29 is 4.79 Å². The minimum Gasteiger partial charge on any atom is -0.355 e. The Bertz CT molecular complexity index is 515. The summed E-state index contributed by atoms with van der Waals surface area (Å²) in [6, 6.07) is 5.52. The third kappa shape index (κ3) is 9.16. The number of hydrogen-bond acceptors (Lipinski definition) is 3. The van der Waals surface area contributed by atoms with E-state index in [0.717, 1.165) is 18.5 Å². The molecule has 0 aliphatic rings. The molecule has 1 amide bonds. The van der Waals surface area contributed by atoms with Gasteiger partial charge in [0.2, 0.25) is 5.91 Å². The molecule has 0 aromatic heterocycles. The monoisotopic (exact) mass is 359 g/mol. The highest BCUT2D eigenvalue weighted by Gasteiger charge is 2.09. The van der Waals surface area contributed by atoms with Crippen molar-refractivity contribution in [1.29, 1.82) is 0 Å². The van der Waals surface area contributed by atoms with Crippen LogP contribution in [0.4, 0.5) is 0 Å². The summed E-state index contributed by atoms with van der Waals surface area (Å²) >= 11 is 11.9. The molecule has 0 saturated carbocycles. The minimum absolute atomic E-state index is 0.0309. The van der Waals surface area contributed by atoms with Crippen molar-refractivity contribution in [2.24, 2.45) is 0 Å². The molecule has 0 spiro atoms. The van der Waals surface area contributed by atoms with Crippen LogP contribution in [0.2, 0.25) is 10.0 Å². The number of nitrogens with one attached hydrogen (secondary N) is 2. The number of carbonyl (C=O) groups excluding carboxylic acids is 1. The quantitative estimate of drug-likeness (QED) is 0.699. The predicted molar refractivity (Wildman–Crippen MR) is 98.2 cm³/mol. The van der Waals surface area contributed by atoms with Crippen LogP contribution in [0.1, 0.15) is 32.8 Å². The normalized spacial score (nSPS) is 11.8. The molecular weight excluding hydrogens is 333 g/mol. The van der Waals surface area contributed by atoms with Crippen molar-refractivity contribution in [2.45, 2.75) is 39.3 Å². The molecule has 0 fully saturated rings. The van der Waals surface area contributed by atoms with Gasteiger partial charge in [0, 0.05) is 18.6 Å². The Morgan fingerprint density at radius 2 is 1.87 bits per heavy atom. The van der Waals surface area contributed by atoms with Crippen LogP contribution in [0.5, 0.6) is 0 Å². The number of halogens is 2. The average Bonchev–Trinajstić information content (AvgIpc) is 2.41. The van der Waals surface area contributed by atoms with Gasteiger partial charge >= 0.3 is 0 Å². The Hall–Kier alpha value is -0.810. The predicted octanol–water partition coefficient (Wildman–Crippen LogP) is 3.32. The zero-order valence-electron chi connectivity index (χ0n) is 14.4. The fourth-order valence-electron chi connectivity index (χ4n) is 2.09. The highest BCUT2D eigenvalue weighted by molar-refractivity contribution is 6.42. The van der Waals surface area contributed by atoms with E-state index in [4.69, 9.17) is 23.2 Å². The van der Waals surface area contributed by atoms with E-state index in [2.05, 4.69) is 31.4 Å². The van der Waals surface area contributed by atoms with Gasteiger partial charge in [-0.05, 0) is 58.5 Å². The van der Waals surface area contributed by atoms with E-state index in [0.29, 0.717) is 29.7 Å². The molecule has 6 heteroatoms. The molecular formula is C17H27Cl2N3O. The maximum Gasteiger partial charge on any atom is 0.234 e. The number of rotatable bonds is 8. The second-order valence-electron chi connectivity index (χ2n) is 6.80. The van der Waals surface area contributed by atoms with Crippen LogP contribution >= 0.6 is 23.2 Å². The summed E-state index contributed by atoms with van der Waals surface area (Å²) in [5.74, 6) is 0.0309. The van der Waals surface area contributed by atoms with Crippen molar-refractivity contribution in [3.63, 3.8) is 0 Å². The molecule has 0 radical (unpaired) electrons. The molecule has 0 bridgehead atoms. The van der Waals surface area contributed by atoms with Crippen LogP contribution in [0, 0.1) is 0 Å². The molecule has 0 aliphatic carbocycles. The molecule has 23 heavy (non-hydrogen) atoms. The Morgan fingerprint density at radius 3 is 2.48 bits per heavy atom. The van der Waals surface area contributed by atoms with E-state index >= 15 is 0 Å². The average molecular weight is 360 g/mol. The van der Waals surface area contributed by atoms with Gasteiger partial charge in [0.15, 0.2) is 0 Å². The Morgan fingerprint density at radius 1 is 1.17 bits per heavy atom. The summed E-state index contributed by atoms with van der Waals surface area (Å²) in [5.41, 5.74) is 1.15. The molecule has 1 rings (SSSR count). The van der Waals surface area contributed by atoms with E-state index < -0.39 is 0 Å². The van der Waals surface area contributed by atoms with E-state index in [9.17, 15) is 4.79 Å². The van der Waals surface area contributed by atoms with Gasteiger partial charge in [-0.3, -0.25) is 9.69 Å². The van der Waals surface area contributed by atoms with Gasteiger partial charge in [0.05, 0.1) is 16.6 Å². The Kier molecular flexibility index (Phi) is 8.34. The second kappa shape index (κ2) is 9.48. The van der Waals surface area contributed by atoms with E-state index in [1.807, 2.05) is 24.1 Å². The largest absolute Gasteiger partial charge is 0.355 e. The number of carbonyl (C=O) groups is 1. The number of nitrogens with zero attached hydrogens (tertiary/aromatic N) is 1. The molecule has 0 unspecified atom stereocenters. The lowest BCUT2D eigenvalue weighted by atomic mass is 10.1. The van der Waals surface area contributed by atoms with Crippen molar-refractivity contribution >= 4 is 29.1 Å². The Balaban J connectivity index is 2.24.